The predicted octanol–water partition coefficient (Wildman–Crippen LogP) is 3.85. The molecule has 3 nitrogen and oxygen atoms in total. The van der Waals surface area contributed by atoms with Gasteiger partial charge in [-0.3, -0.25) is 0 Å². The minimum absolute atomic E-state index is 0.176. The Balaban J connectivity index is 2.04. The molecule has 0 radical (unpaired) electrons. The molecule has 4 rings (SSSR count). The highest BCUT2D eigenvalue weighted by molar-refractivity contribution is 5.96. The highest BCUT2D eigenvalue weighted by Crippen LogP contribution is 2.46. The maximum atomic E-state index is 12.4. The molecule has 0 spiro atoms. The van der Waals surface area contributed by atoms with Crippen LogP contribution in [0.1, 0.15) is 27.0 Å². The number of hydrogen-bond acceptors (Lipinski definition) is 3. The van der Waals surface area contributed by atoms with Crippen LogP contribution in [0, 0.1) is 0 Å². The van der Waals surface area contributed by atoms with Gasteiger partial charge in [0.25, 0.3) is 0 Å². The van der Waals surface area contributed by atoms with Gasteiger partial charge in [0.2, 0.25) is 0 Å². The SMILES string of the molecule is O=C1O[C@@](c2ccccc2)(c2ccc(O)cc2)c2ccccc21. The molecule has 3 aromatic rings. The molecule has 1 atom stereocenters. The minimum atomic E-state index is -0.983. The van der Waals surface area contributed by atoms with E-state index in [1.54, 1.807) is 30.3 Å². The Morgan fingerprint density at radius 3 is 2.09 bits per heavy atom. The van der Waals surface area contributed by atoms with Gasteiger partial charge in [0.1, 0.15) is 5.75 Å². The van der Waals surface area contributed by atoms with Gasteiger partial charge >= 0.3 is 5.97 Å². The lowest BCUT2D eigenvalue weighted by Gasteiger charge is -2.30. The number of phenolic OH excluding ortho intramolecular Hbond substituents is 1. The molecule has 0 bridgehead atoms. The third-order valence-electron chi connectivity index (χ3n) is 4.23. The molecule has 1 aliphatic heterocycles. The van der Waals surface area contributed by atoms with Crippen molar-refractivity contribution < 1.29 is 14.6 Å². The van der Waals surface area contributed by atoms with E-state index in [9.17, 15) is 9.90 Å². The maximum Gasteiger partial charge on any atom is 0.340 e. The van der Waals surface area contributed by atoms with Crippen molar-refractivity contribution in [1.82, 2.24) is 0 Å². The fourth-order valence-electron chi connectivity index (χ4n) is 3.18. The first kappa shape index (κ1) is 13.6. The highest BCUT2D eigenvalue weighted by Gasteiger charge is 2.48. The first-order valence-electron chi connectivity index (χ1n) is 7.40. The Morgan fingerprint density at radius 1 is 0.739 bits per heavy atom. The van der Waals surface area contributed by atoms with E-state index in [1.165, 1.54) is 0 Å². The summed E-state index contributed by atoms with van der Waals surface area (Å²) in [6, 6.07) is 23.9. The lowest BCUT2D eigenvalue weighted by Crippen LogP contribution is -2.29. The number of esters is 1. The maximum absolute atomic E-state index is 12.4. The number of cyclic esters (lactones) is 1. The Bertz CT molecular complexity index is 869. The van der Waals surface area contributed by atoms with Crippen LogP contribution in [0.5, 0.6) is 5.75 Å². The van der Waals surface area contributed by atoms with Gasteiger partial charge in [-0.25, -0.2) is 4.79 Å². The molecule has 0 aromatic heterocycles. The van der Waals surface area contributed by atoms with E-state index in [0.717, 1.165) is 16.7 Å². The molecule has 23 heavy (non-hydrogen) atoms. The van der Waals surface area contributed by atoms with Crippen LogP contribution >= 0.6 is 0 Å². The normalized spacial score (nSPS) is 19.2. The van der Waals surface area contributed by atoms with E-state index in [4.69, 9.17) is 4.74 Å². The van der Waals surface area contributed by atoms with E-state index in [1.807, 2.05) is 48.5 Å². The van der Waals surface area contributed by atoms with E-state index < -0.39 is 5.60 Å². The Morgan fingerprint density at radius 2 is 1.35 bits per heavy atom. The van der Waals surface area contributed by atoms with Crippen molar-refractivity contribution in [3.8, 4) is 5.75 Å². The van der Waals surface area contributed by atoms with Crippen LogP contribution in [0.15, 0.2) is 78.9 Å². The van der Waals surface area contributed by atoms with Crippen molar-refractivity contribution in [2.24, 2.45) is 0 Å². The van der Waals surface area contributed by atoms with Crippen molar-refractivity contribution >= 4 is 5.97 Å². The second-order valence-corrected chi connectivity index (χ2v) is 5.53. The largest absolute Gasteiger partial charge is 0.508 e. The molecular formula is C20H14O3. The van der Waals surface area contributed by atoms with Gasteiger partial charge in [-0.15, -0.1) is 0 Å². The van der Waals surface area contributed by atoms with Crippen molar-refractivity contribution in [3.63, 3.8) is 0 Å². The first-order chi connectivity index (χ1) is 11.2. The van der Waals surface area contributed by atoms with Crippen LogP contribution in [0.3, 0.4) is 0 Å². The third-order valence-corrected chi connectivity index (χ3v) is 4.23. The van der Waals surface area contributed by atoms with Gasteiger partial charge in [0.15, 0.2) is 5.60 Å². The number of aromatic hydroxyl groups is 1. The molecule has 0 fully saturated rings. The highest BCUT2D eigenvalue weighted by atomic mass is 16.6. The van der Waals surface area contributed by atoms with Gasteiger partial charge < -0.3 is 9.84 Å². The van der Waals surface area contributed by atoms with Crippen molar-refractivity contribution in [1.29, 1.82) is 0 Å². The number of carbonyl (C=O) groups excluding carboxylic acids is 1. The summed E-state index contributed by atoms with van der Waals surface area (Å²) < 4.78 is 5.91. The molecule has 1 aliphatic rings. The number of fused-ring (bicyclic) bond motifs is 1. The third kappa shape index (κ3) is 1.94. The molecule has 3 aromatic carbocycles. The summed E-state index contributed by atoms with van der Waals surface area (Å²) in [4.78, 5) is 12.4. The van der Waals surface area contributed by atoms with Gasteiger partial charge in [0, 0.05) is 16.7 Å². The summed E-state index contributed by atoms with van der Waals surface area (Å²) in [5.41, 5.74) is 2.10. The second kappa shape index (κ2) is 4.99. The summed E-state index contributed by atoms with van der Waals surface area (Å²) in [7, 11) is 0. The molecule has 0 saturated carbocycles. The minimum Gasteiger partial charge on any atom is -0.508 e. The summed E-state index contributed by atoms with van der Waals surface area (Å²) in [5, 5.41) is 9.59. The van der Waals surface area contributed by atoms with Crippen LogP contribution in [-0.4, -0.2) is 11.1 Å². The van der Waals surface area contributed by atoms with E-state index >= 15 is 0 Å². The monoisotopic (exact) mass is 302 g/mol. The number of rotatable bonds is 2. The zero-order valence-electron chi connectivity index (χ0n) is 12.3. The number of carbonyl (C=O) groups is 1. The number of ether oxygens (including phenoxy) is 1. The zero-order chi connectivity index (χ0) is 15.9. The Kier molecular flexibility index (Phi) is 2.95. The van der Waals surface area contributed by atoms with Crippen molar-refractivity contribution in [2.45, 2.75) is 5.60 Å². The van der Waals surface area contributed by atoms with Crippen LogP contribution in [-0.2, 0) is 10.3 Å². The topological polar surface area (TPSA) is 46.5 Å². The molecule has 0 aliphatic carbocycles. The van der Waals surface area contributed by atoms with Crippen molar-refractivity contribution in [2.75, 3.05) is 0 Å². The molecule has 0 unspecified atom stereocenters. The standard InChI is InChI=1S/C20H14O3/c21-16-12-10-15(11-13-16)20(14-6-2-1-3-7-14)18-9-5-4-8-17(18)19(22)23-20/h1-13,21H/t20-/m0/s1. The van der Waals surface area contributed by atoms with Crippen LogP contribution in [0.2, 0.25) is 0 Å². The first-order valence-corrected chi connectivity index (χ1v) is 7.40. The Labute approximate surface area is 133 Å². The molecular weight excluding hydrogens is 288 g/mol. The summed E-state index contributed by atoms with van der Waals surface area (Å²) in [5.74, 6) is -0.160. The smallest absolute Gasteiger partial charge is 0.340 e. The van der Waals surface area contributed by atoms with Gasteiger partial charge in [0.05, 0.1) is 5.56 Å². The average Bonchev–Trinajstić information content (AvgIpc) is 2.91. The van der Waals surface area contributed by atoms with Gasteiger partial charge in [-0.1, -0.05) is 60.7 Å². The summed E-state index contributed by atoms with van der Waals surface area (Å²) in [6.45, 7) is 0. The lowest BCUT2D eigenvalue weighted by atomic mass is 9.80. The molecule has 1 N–H and O–H groups in total. The quantitative estimate of drug-likeness (QED) is 0.731. The van der Waals surface area contributed by atoms with E-state index in [0.29, 0.717) is 5.56 Å². The number of benzene rings is 3. The lowest BCUT2D eigenvalue weighted by molar-refractivity contribution is 0.0251. The van der Waals surface area contributed by atoms with Gasteiger partial charge in [-0.05, 0) is 18.2 Å². The molecule has 1 heterocycles. The number of phenols is 1. The fraction of sp³-hybridized carbons (Fsp3) is 0.0500. The predicted molar refractivity (Wildman–Crippen MR) is 86.3 cm³/mol. The summed E-state index contributed by atoms with van der Waals surface area (Å²) >= 11 is 0. The number of hydrogen-bond donors (Lipinski definition) is 1. The van der Waals surface area contributed by atoms with Crippen molar-refractivity contribution in [3.05, 3.63) is 101 Å². The molecule has 112 valence electrons. The van der Waals surface area contributed by atoms with Gasteiger partial charge in [-0.2, -0.15) is 0 Å². The zero-order valence-corrected chi connectivity index (χ0v) is 12.3. The molecule has 0 saturated heterocycles. The second-order valence-electron chi connectivity index (χ2n) is 5.53. The van der Waals surface area contributed by atoms with Crippen LogP contribution in [0.25, 0.3) is 0 Å². The van der Waals surface area contributed by atoms with E-state index in [-0.39, 0.29) is 11.7 Å². The summed E-state index contributed by atoms with van der Waals surface area (Å²) in [6.07, 6.45) is 0. The van der Waals surface area contributed by atoms with E-state index in [2.05, 4.69) is 0 Å². The van der Waals surface area contributed by atoms with Crippen LogP contribution < -0.4 is 0 Å². The van der Waals surface area contributed by atoms with Crippen LogP contribution in [0.4, 0.5) is 0 Å². The molecule has 0 amide bonds. The molecule has 3 heteroatoms. The fourth-order valence-corrected chi connectivity index (χ4v) is 3.18. The average molecular weight is 302 g/mol. The Hall–Kier alpha value is -3.07.